The van der Waals surface area contributed by atoms with Crippen LogP contribution in [0.15, 0.2) is 83.8 Å². The maximum atomic E-state index is 12.8. The monoisotopic (exact) mass is 394 g/mol. The average molecular weight is 394 g/mol. The van der Waals surface area contributed by atoms with E-state index in [9.17, 15) is 13.2 Å². The molecule has 0 heterocycles. The first-order chi connectivity index (χ1) is 13.3. The molecule has 1 amide bonds. The maximum Gasteiger partial charge on any atom is 0.264 e. The van der Waals surface area contributed by atoms with E-state index in [1.807, 2.05) is 37.3 Å². The Morgan fingerprint density at radius 1 is 0.750 bits per heavy atom. The summed E-state index contributed by atoms with van der Waals surface area (Å²) in [5.74, 6) is -0.165. The normalized spacial score (nSPS) is 11.1. The van der Waals surface area contributed by atoms with Gasteiger partial charge in [0.25, 0.3) is 15.9 Å². The number of carbonyl (C=O) groups excluding carboxylic acids is 1. The summed E-state index contributed by atoms with van der Waals surface area (Å²) in [6.45, 7) is 1.91. The molecule has 3 aromatic carbocycles. The van der Waals surface area contributed by atoms with Crippen molar-refractivity contribution in [2.45, 2.75) is 11.8 Å². The third-order valence-corrected chi connectivity index (χ3v) is 6.41. The van der Waals surface area contributed by atoms with Crippen molar-refractivity contribution in [3.05, 3.63) is 90.0 Å². The van der Waals surface area contributed by atoms with Gasteiger partial charge in [0.15, 0.2) is 0 Å². The number of benzene rings is 3. The van der Waals surface area contributed by atoms with Gasteiger partial charge >= 0.3 is 0 Å². The molecular formula is C22H22N2O3S. The van der Waals surface area contributed by atoms with Gasteiger partial charge in [0.1, 0.15) is 0 Å². The minimum Gasteiger partial charge on any atom is -0.311 e. The molecule has 0 saturated carbocycles. The summed E-state index contributed by atoms with van der Waals surface area (Å²) in [6, 6.07) is 22.6. The standard InChI is InChI=1S/C22H22N2O3S/c1-17-9-15-21(16-10-17)28(26,27)24(3)20-13-11-18(12-14-20)22(25)23(2)19-7-5-4-6-8-19/h4-16H,1-3H3. The Morgan fingerprint density at radius 2 is 1.32 bits per heavy atom. The Hall–Kier alpha value is -3.12. The van der Waals surface area contributed by atoms with Crippen molar-refractivity contribution >= 4 is 27.3 Å². The lowest BCUT2D eigenvalue weighted by atomic mass is 10.1. The van der Waals surface area contributed by atoms with E-state index in [1.165, 1.54) is 11.4 Å². The molecule has 144 valence electrons. The van der Waals surface area contributed by atoms with Crippen LogP contribution >= 0.6 is 0 Å². The molecular weight excluding hydrogens is 372 g/mol. The van der Waals surface area contributed by atoms with E-state index in [4.69, 9.17) is 0 Å². The van der Waals surface area contributed by atoms with E-state index < -0.39 is 10.0 Å². The fourth-order valence-electron chi connectivity index (χ4n) is 2.78. The van der Waals surface area contributed by atoms with Gasteiger partial charge in [-0.05, 0) is 55.5 Å². The molecule has 0 aliphatic rings. The smallest absolute Gasteiger partial charge is 0.264 e. The van der Waals surface area contributed by atoms with Crippen molar-refractivity contribution in [1.82, 2.24) is 0 Å². The highest BCUT2D eigenvalue weighted by Crippen LogP contribution is 2.23. The van der Waals surface area contributed by atoms with E-state index in [1.54, 1.807) is 60.5 Å². The summed E-state index contributed by atoms with van der Waals surface area (Å²) < 4.78 is 26.8. The van der Waals surface area contributed by atoms with Crippen molar-refractivity contribution in [2.75, 3.05) is 23.3 Å². The summed E-state index contributed by atoms with van der Waals surface area (Å²) in [5, 5.41) is 0. The number of rotatable bonds is 5. The zero-order chi connectivity index (χ0) is 20.3. The van der Waals surface area contributed by atoms with Gasteiger partial charge in [-0.1, -0.05) is 35.9 Å². The number of hydrogen-bond acceptors (Lipinski definition) is 3. The molecule has 28 heavy (non-hydrogen) atoms. The van der Waals surface area contributed by atoms with E-state index in [0.717, 1.165) is 11.3 Å². The molecule has 0 N–H and O–H groups in total. The SMILES string of the molecule is Cc1ccc(S(=O)(=O)N(C)c2ccc(C(=O)N(C)c3ccccc3)cc2)cc1. The summed E-state index contributed by atoms with van der Waals surface area (Å²) in [7, 11) is -0.453. The van der Waals surface area contributed by atoms with Crippen LogP contribution in [0.1, 0.15) is 15.9 Å². The van der Waals surface area contributed by atoms with Crippen molar-refractivity contribution in [1.29, 1.82) is 0 Å². The molecule has 0 fully saturated rings. The molecule has 0 aliphatic heterocycles. The first kappa shape index (κ1) is 19.6. The Labute approximate surface area is 165 Å². The van der Waals surface area contributed by atoms with Gasteiger partial charge in [0, 0.05) is 25.3 Å². The quantitative estimate of drug-likeness (QED) is 0.655. The number of amides is 1. The lowest BCUT2D eigenvalue weighted by Crippen LogP contribution is -2.27. The van der Waals surface area contributed by atoms with Crippen LogP contribution in [0, 0.1) is 6.92 Å². The molecule has 6 heteroatoms. The lowest BCUT2D eigenvalue weighted by Gasteiger charge is -2.21. The highest BCUT2D eigenvalue weighted by atomic mass is 32.2. The molecule has 0 radical (unpaired) electrons. The van der Waals surface area contributed by atoms with Gasteiger partial charge in [0.2, 0.25) is 0 Å². The fraction of sp³-hybridized carbons (Fsp3) is 0.136. The van der Waals surface area contributed by atoms with Crippen molar-refractivity contribution in [3.63, 3.8) is 0 Å². The molecule has 3 rings (SSSR count). The number of aryl methyl sites for hydroxylation is 1. The predicted octanol–water partition coefficient (Wildman–Crippen LogP) is 4.10. The van der Waals surface area contributed by atoms with Crippen LogP contribution in [0.4, 0.5) is 11.4 Å². The second kappa shape index (κ2) is 7.86. The van der Waals surface area contributed by atoms with E-state index in [0.29, 0.717) is 11.3 Å². The van der Waals surface area contributed by atoms with Crippen LogP contribution in [0.2, 0.25) is 0 Å². The third kappa shape index (κ3) is 3.92. The number of para-hydroxylation sites is 1. The van der Waals surface area contributed by atoms with Crippen molar-refractivity contribution < 1.29 is 13.2 Å². The van der Waals surface area contributed by atoms with Crippen LogP contribution in [0.3, 0.4) is 0 Å². The topological polar surface area (TPSA) is 57.7 Å². The van der Waals surface area contributed by atoms with Crippen LogP contribution in [0.25, 0.3) is 0 Å². The molecule has 0 unspecified atom stereocenters. The zero-order valence-electron chi connectivity index (χ0n) is 16.0. The van der Waals surface area contributed by atoms with E-state index in [-0.39, 0.29) is 10.8 Å². The molecule has 0 atom stereocenters. The number of nitrogens with zero attached hydrogens (tertiary/aromatic N) is 2. The number of hydrogen-bond donors (Lipinski definition) is 0. The predicted molar refractivity (Wildman–Crippen MR) is 112 cm³/mol. The highest BCUT2D eigenvalue weighted by Gasteiger charge is 2.21. The molecule has 3 aromatic rings. The Balaban J connectivity index is 1.82. The largest absolute Gasteiger partial charge is 0.311 e. The molecule has 0 aliphatic carbocycles. The summed E-state index contributed by atoms with van der Waals surface area (Å²) in [4.78, 5) is 14.5. The van der Waals surface area contributed by atoms with Gasteiger partial charge in [-0.2, -0.15) is 0 Å². The first-order valence-corrected chi connectivity index (χ1v) is 10.2. The van der Waals surface area contributed by atoms with Crippen LogP contribution in [0.5, 0.6) is 0 Å². The second-order valence-electron chi connectivity index (χ2n) is 6.53. The molecule has 0 spiro atoms. The average Bonchev–Trinajstić information content (AvgIpc) is 2.73. The number of anilines is 2. The van der Waals surface area contributed by atoms with Crippen LogP contribution < -0.4 is 9.21 Å². The van der Waals surface area contributed by atoms with Crippen molar-refractivity contribution in [2.24, 2.45) is 0 Å². The maximum absolute atomic E-state index is 12.8. The fourth-order valence-corrected chi connectivity index (χ4v) is 3.98. The summed E-state index contributed by atoms with van der Waals surface area (Å²) in [6.07, 6.45) is 0. The number of carbonyl (C=O) groups is 1. The van der Waals surface area contributed by atoms with Crippen LogP contribution in [-0.4, -0.2) is 28.4 Å². The zero-order valence-corrected chi connectivity index (χ0v) is 16.8. The minimum absolute atomic E-state index is 0.165. The molecule has 0 saturated heterocycles. The molecule has 5 nitrogen and oxygen atoms in total. The molecule has 0 bridgehead atoms. The minimum atomic E-state index is -3.66. The van der Waals surface area contributed by atoms with Gasteiger partial charge in [-0.25, -0.2) is 8.42 Å². The number of sulfonamides is 1. The van der Waals surface area contributed by atoms with Crippen LogP contribution in [-0.2, 0) is 10.0 Å². The van der Waals surface area contributed by atoms with E-state index in [2.05, 4.69) is 0 Å². The van der Waals surface area contributed by atoms with Gasteiger partial charge in [-0.15, -0.1) is 0 Å². The molecule has 0 aromatic heterocycles. The summed E-state index contributed by atoms with van der Waals surface area (Å²) >= 11 is 0. The first-order valence-electron chi connectivity index (χ1n) is 8.79. The Morgan fingerprint density at radius 3 is 1.89 bits per heavy atom. The Kier molecular flexibility index (Phi) is 5.51. The highest BCUT2D eigenvalue weighted by molar-refractivity contribution is 7.92. The third-order valence-electron chi connectivity index (χ3n) is 4.61. The van der Waals surface area contributed by atoms with E-state index >= 15 is 0 Å². The lowest BCUT2D eigenvalue weighted by molar-refractivity contribution is 0.0993. The summed E-state index contributed by atoms with van der Waals surface area (Å²) in [5.41, 5.74) is 2.75. The van der Waals surface area contributed by atoms with Gasteiger partial charge in [-0.3, -0.25) is 9.10 Å². The van der Waals surface area contributed by atoms with Gasteiger partial charge < -0.3 is 4.90 Å². The second-order valence-corrected chi connectivity index (χ2v) is 8.50. The van der Waals surface area contributed by atoms with Crippen molar-refractivity contribution in [3.8, 4) is 0 Å². The van der Waals surface area contributed by atoms with Gasteiger partial charge in [0.05, 0.1) is 10.6 Å². The Bertz CT molecular complexity index is 1060.